The number of hydrazone groups is 1. The van der Waals surface area contributed by atoms with Crippen LogP contribution in [0.1, 0.15) is 13.8 Å². The molecule has 0 spiro atoms. The first-order chi connectivity index (χ1) is 8.09. The number of rotatable bonds is 4. The lowest BCUT2D eigenvalue weighted by molar-refractivity contribution is 0.120. The van der Waals surface area contributed by atoms with Crippen LogP contribution in [0.4, 0.5) is 0 Å². The summed E-state index contributed by atoms with van der Waals surface area (Å²) in [6.07, 6.45) is 2.07. The van der Waals surface area contributed by atoms with E-state index in [2.05, 4.69) is 40.0 Å². The number of nitrogens with two attached hydrogens (primary N) is 1. The Hall–Kier alpha value is -0.650. The number of piperazine rings is 1. The van der Waals surface area contributed by atoms with Gasteiger partial charge in [-0.2, -0.15) is 5.10 Å². The minimum atomic E-state index is 0.248. The van der Waals surface area contributed by atoms with Gasteiger partial charge in [0.15, 0.2) is 0 Å². The Balaban J connectivity index is 1.65. The lowest BCUT2D eigenvalue weighted by Crippen LogP contribution is -2.49. The van der Waals surface area contributed by atoms with Gasteiger partial charge in [-0.25, -0.2) is 0 Å². The molecule has 0 atom stereocenters. The second-order valence-corrected chi connectivity index (χ2v) is 5.76. The first-order valence-electron chi connectivity index (χ1n) is 6.54. The van der Waals surface area contributed by atoms with Crippen LogP contribution in [0.15, 0.2) is 5.10 Å². The van der Waals surface area contributed by atoms with Gasteiger partial charge in [-0.1, -0.05) is 13.8 Å². The zero-order chi connectivity index (χ0) is 12.3. The largest absolute Gasteiger partial charge is 0.318 e. The molecule has 0 radical (unpaired) electrons. The molecule has 0 aliphatic carbocycles. The van der Waals surface area contributed by atoms with Crippen LogP contribution >= 0.6 is 0 Å². The maximum absolute atomic E-state index is 5.63. The van der Waals surface area contributed by atoms with Crippen molar-refractivity contribution in [3.8, 4) is 0 Å². The van der Waals surface area contributed by atoms with Crippen molar-refractivity contribution in [2.24, 2.45) is 16.3 Å². The molecule has 0 saturated carbocycles. The molecular weight excluding hydrogens is 214 g/mol. The molecule has 2 rings (SSSR count). The highest BCUT2D eigenvalue weighted by molar-refractivity contribution is 5.66. The van der Waals surface area contributed by atoms with Gasteiger partial charge in [0.1, 0.15) is 0 Å². The molecular formula is C12H25N5. The maximum atomic E-state index is 5.63. The van der Waals surface area contributed by atoms with E-state index in [9.17, 15) is 0 Å². The molecule has 0 aromatic rings. The van der Waals surface area contributed by atoms with E-state index in [4.69, 9.17) is 5.73 Å². The molecule has 2 heterocycles. The molecule has 5 nitrogen and oxygen atoms in total. The molecule has 0 aromatic heterocycles. The molecule has 17 heavy (non-hydrogen) atoms. The molecule has 2 N–H and O–H groups in total. The normalized spacial score (nSPS) is 25.7. The zero-order valence-electron chi connectivity index (χ0n) is 11.1. The van der Waals surface area contributed by atoms with Gasteiger partial charge in [0.2, 0.25) is 0 Å². The topological polar surface area (TPSA) is 48.1 Å². The quantitative estimate of drug-likeness (QED) is 0.741. The number of nitrogens with zero attached hydrogens (tertiary/aromatic N) is 4. The first kappa shape index (κ1) is 12.8. The molecule has 1 fully saturated rings. The lowest BCUT2D eigenvalue weighted by atomic mass is 9.97. The van der Waals surface area contributed by atoms with E-state index in [1.54, 1.807) is 0 Å². The van der Waals surface area contributed by atoms with E-state index in [1.165, 1.54) is 0 Å². The van der Waals surface area contributed by atoms with E-state index in [-0.39, 0.29) is 5.41 Å². The van der Waals surface area contributed by atoms with Gasteiger partial charge in [-0.15, -0.1) is 0 Å². The van der Waals surface area contributed by atoms with Gasteiger partial charge in [-0.3, -0.25) is 14.8 Å². The van der Waals surface area contributed by atoms with Crippen molar-refractivity contribution in [1.29, 1.82) is 0 Å². The first-order valence-corrected chi connectivity index (χ1v) is 6.54. The fourth-order valence-corrected chi connectivity index (χ4v) is 2.38. The maximum Gasteiger partial charge on any atom is 0.0488 e. The third kappa shape index (κ3) is 3.66. The molecule has 1 saturated heterocycles. The average Bonchev–Trinajstić information content (AvgIpc) is 2.67. The molecule has 5 heteroatoms. The Morgan fingerprint density at radius 2 is 1.76 bits per heavy atom. The second-order valence-electron chi connectivity index (χ2n) is 5.76. The van der Waals surface area contributed by atoms with Crippen LogP contribution in [0.3, 0.4) is 0 Å². The van der Waals surface area contributed by atoms with Gasteiger partial charge >= 0.3 is 0 Å². The van der Waals surface area contributed by atoms with Crippen LogP contribution in [-0.2, 0) is 0 Å². The molecule has 2 aliphatic rings. The molecule has 98 valence electrons. The van der Waals surface area contributed by atoms with Crippen molar-refractivity contribution in [1.82, 2.24) is 14.8 Å². The molecule has 0 bridgehead atoms. The Morgan fingerprint density at radius 3 is 2.29 bits per heavy atom. The minimum Gasteiger partial charge on any atom is -0.318 e. The highest BCUT2D eigenvalue weighted by Crippen LogP contribution is 2.20. The standard InChI is InChI=1S/C12H25N5/c1-12(2)9-14-17(10-12)8-7-15-3-5-16(11-13)6-4-15/h9H,3-8,10-11,13H2,1-2H3. The predicted octanol–water partition coefficient (Wildman–Crippen LogP) is -0.152. The van der Waals surface area contributed by atoms with Gasteiger partial charge in [0.05, 0.1) is 0 Å². The van der Waals surface area contributed by atoms with E-state index in [1.807, 2.05) is 0 Å². The summed E-state index contributed by atoms with van der Waals surface area (Å²) in [4.78, 5) is 4.81. The van der Waals surface area contributed by atoms with Gasteiger partial charge in [0.25, 0.3) is 0 Å². The van der Waals surface area contributed by atoms with Crippen LogP contribution in [0.2, 0.25) is 0 Å². The summed E-state index contributed by atoms with van der Waals surface area (Å²) in [6.45, 7) is 12.8. The predicted molar refractivity (Wildman–Crippen MR) is 70.9 cm³/mol. The van der Waals surface area contributed by atoms with E-state index >= 15 is 0 Å². The van der Waals surface area contributed by atoms with Crippen LogP contribution in [0, 0.1) is 5.41 Å². The highest BCUT2D eigenvalue weighted by atomic mass is 15.5. The van der Waals surface area contributed by atoms with Crippen molar-refractivity contribution >= 4 is 6.21 Å². The summed E-state index contributed by atoms with van der Waals surface area (Å²) in [5, 5.41) is 6.65. The monoisotopic (exact) mass is 239 g/mol. The van der Waals surface area contributed by atoms with Crippen molar-refractivity contribution in [3.63, 3.8) is 0 Å². The van der Waals surface area contributed by atoms with Crippen LogP contribution < -0.4 is 5.73 Å². The summed E-state index contributed by atoms with van der Waals surface area (Å²) in [5.41, 5.74) is 5.88. The third-order valence-corrected chi connectivity index (χ3v) is 3.56. The second kappa shape index (κ2) is 5.33. The van der Waals surface area contributed by atoms with Gasteiger partial charge in [0, 0.05) is 64.1 Å². The highest BCUT2D eigenvalue weighted by Gasteiger charge is 2.25. The molecule has 0 amide bonds. The smallest absolute Gasteiger partial charge is 0.0488 e. The third-order valence-electron chi connectivity index (χ3n) is 3.56. The van der Waals surface area contributed by atoms with E-state index in [0.29, 0.717) is 6.67 Å². The van der Waals surface area contributed by atoms with Crippen molar-refractivity contribution in [3.05, 3.63) is 0 Å². The van der Waals surface area contributed by atoms with Crippen LogP contribution in [0.5, 0.6) is 0 Å². The summed E-state index contributed by atoms with van der Waals surface area (Å²) >= 11 is 0. The molecule has 0 aromatic carbocycles. The minimum absolute atomic E-state index is 0.248. The molecule has 2 aliphatic heterocycles. The summed E-state index contributed by atoms with van der Waals surface area (Å²) < 4.78 is 0. The SMILES string of the molecule is CC1(C)C=NN(CCN2CCN(CN)CC2)C1. The summed E-state index contributed by atoms with van der Waals surface area (Å²) in [5.74, 6) is 0. The lowest BCUT2D eigenvalue weighted by Gasteiger charge is -2.34. The van der Waals surface area contributed by atoms with Crippen molar-refractivity contribution < 1.29 is 0 Å². The van der Waals surface area contributed by atoms with Crippen molar-refractivity contribution in [2.75, 3.05) is 52.5 Å². The van der Waals surface area contributed by atoms with Crippen molar-refractivity contribution in [2.45, 2.75) is 13.8 Å². The Morgan fingerprint density at radius 1 is 1.12 bits per heavy atom. The van der Waals surface area contributed by atoms with Crippen LogP contribution in [-0.4, -0.2) is 73.5 Å². The Kier molecular flexibility index (Phi) is 4.01. The van der Waals surface area contributed by atoms with Crippen LogP contribution in [0.25, 0.3) is 0 Å². The number of hydrogen-bond donors (Lipinski definition) is 1. The summed E-state index contributed by atoms with van der Waals surface area (Å²) in [6, 6.07) is 0. The fourth-order valence-electron chi connectivity index (χ4n) is 2.38. The fraction of sp³-hybridized carbons (Fsp3) is 0.917. The Bertz CT molecular complexity index is 268. The number of hydrogen-bond acceptors (Lipinski definition) is 5. The van der Waals surface area contributed by atoms with Gasteiger partial charge < -0.3 is 5.73 Å². The zero-order valence-corrected chi connectivity index (χ0v) is 11.1. The molecule has 0 unspecified atom stereocenters. The van der Waals surface area contributed by atoms with E-state index in [0.717, 1.165) is 45.8 Å². The Labute approximate surface area is 104 Å². The van der Waals surface area contributed by atoms with Gasteiger partial charge in [-0.05, 0) is 0 Å². The summed E-state index contributed by atoms with van der Waals surface area (Å²) in [7, 11) is 0. The average molecular weight is 239 g/mol. The van der Waals surface area contributed by atoms with E-state index < -0.39 is 0 Å².